The predicted molar refractivity (Wildman–Crippen MR) is 125 cm³/mol. The maximum Gasteiger partial charge on any atom is 0.397 e. The molecule has 1 heterocycles. The molecule has 178 valence electrons. The van der Waals surface area contributed by atoms with E-state index >= 15 is 0 Å². The third-order valence-corrected chi connectivity index (χ3v) is 6.39. The van der Waals surface area contributed by atoms with E-state index in [2.05, 4.69) is 24.0 Å². The Morgan fingerprint density at radius 1 is 0.968 bits per heavy atom. The fourth-order valence-corrected chi connectivity index (χ4v) is 4.65. The van der Waals surface area contributed by atoms with E-state index in [0.29, 0.717) is 13.2 Å². The maximum atomic E-state index is 11.3. The SMILES string of the molecule is CCCCCCCCCCCCOCC(CN1CCc2ccccc2C1)OS(=O)(=O)O. The van der Waals surface area contributed by atoms with Gasteiger partial charge in [0.05, 0.1) is 6.61 Å². The number of rotatable bonds is 17. The number of fused-ring (bicyclic) bond motifs is 1. The first kappa shape index (κ1) is 26.3. The van der Waals surface area contributed by atoms with Gasteiger partial charge in [-0.15, -0.1) is 0 Å². The van der Waals surface area contributed by atoms with Crippen molar-refractivity contribution in [2.24, 2.45) is 0 Å². The normalized spacial score (nSPS) is 15.7. The van der Waals surface area contributed by atoms with Crippen LogP contribution in [0.5, 0.6) is 0 Å². The minimum absolute atomic E-state index is 0.162. The average molecular weight is 456 g/mol. The highest BCUT2D eigenvalue weighted by Gasteiger charge is 2.23. The fraction of sp³-hybridized carbons (Fsp3) is 0.750. The minimum atomic E-state index is -4.51. The van der Waals surface area contributed by atoms with Crippen LogP contribution in [-0.2, 0) is 32.3 Å². The molecule has 0 fully saturated rings. The van der Waals surface area contributed by atoms with Crippen LogP contribution in [0.1, 0.15) is 82.3 Å². The summed E-state index contributed by atoms with van der Waals surface area (Å²) in [5, 5.41) is 0. The first-order chi connectivity index (χ1) is 15.0. The highest BCUT2D eigenvalue weighted by Crippen LogP contribution is 2.19. The summed E-state index contributed by atoms with van der Waals surface area (Å²) in [4.78, 5) is 2.15. The Labute approximate surface area is 189 Å². The summed E-state index contributed by atoms with van der Waals surface area (Å²) in [6, 6.07) is 8.29. The van der Waals surface area contributed by atoms with Crippen LogP contribution < -0.4 is 0 Å². The van der Waals surface area contributed by atoms with Crippen molar-refractivity contribution in [2.75, 3.05) is 26.3 Å². The van der Waals surface area contributed by atoms with Gasteiger partial charge in [0.2, 0.25) is 0 Å². The van der Waals surface area contributed by atoms with E-state index in [1.165, 1.54) is 62.5 Å². The van der Waals surface area contributed by atoms with E-state index in [4.69, 9.17) is 13.5 Å². The second-order valence-electron chi connectivity index (χ2n) is 8.66. The van der Waals surface area contributed by atoms with Gasteiger partial charge >= 0.3 is 10.4 Å². The lowest BCUT2D eigenvalue weighted by Crippen LogP contribution is -2.40. The van der Waals surface area contributed by atoms with Gasteiger partial charge in [0.1, 0.15) is 6.10 Å². The molecule has 1 atom stereocenters. The largest absolute Gasteiger partial charge is 0.397 e. The number of benzene rings is 1. The van der Waals surface area contributed by atoms with E-state index < -0.39 is 16.5 Å². The number of hydrogen-bond acceptors (Lipinski definition) is 5. The Morgan fingerprint density at radius 2 is 1.58 bits per heavy atom. The zero-order valence-electron chi connectivity index (χ0n) is 19.1. The Kier molecular flexibility index (Phi) is 12.7. The standard InChI is InChI=1S/C24H41NO5S/c1-2-3-4-5-6-7-8-9-10-13-18-29-21-24(30-31(26,27)28)20-25-17-16-22-14-11-12-15-23(22)19-25/h11-12,14-15,24H,2-10,13,16-21H2,1H3,(H,26,27,28). The van der Waals surface area contributed by atoms with Crippen molar-refractivity contribution in [3.63, 3.8) is 0 Å². The monoisotopic (exact) mass is 455 g/mol. The van der Waals surface area contributed by atoms with Gasteiger partial charge in [-0.05, 0) is 24.0 Å². The Morgan fingerprint density at radius 3 is 2.23 bits per heavy atom. The molecule has 0 saturated carbocycles. The lowest BCUT2D eigenvalue weighted by Gasteiger charge is -2.31. The molecule has 1 unspecified atom stereocenters. The lowest BCUT2D eigenvalue weighted by molar-refractivity contribution is 0.0240. The molecule has 1 aliphatic heterocycles. The third kappa shape index (κ3) is 12.0. The lowest BCUT2D eigenvalue weighted by atomic mass is 10.00. The molecular weight excluding hydrogens is 414 g/mol. The van der Waals surface area contributed by atoms with Crippen LogP contribution in [0, 0.1) is 0 Å². The molecule has 0 aliphatic carbocycles. The quantitative estimate of drug-likeness (QED) is 0.258. The molecule has 1 aliphatic rings. The number of nitrogens with zero attached hydrogens (tertiary/aromatic N) is 1. The van der Waals surface area contributed by atoms with Crippen molar-refractivity contribution in [1.29, 1.82) is 0 Å². The van der Waals surface area contributed by atoms with E-state index in [1.54, 1.807) is 0 Å². The van der Waals surface area contributed by atoms with Gasteiger partial charge in [-0.2, -0.15) is 8.42 Å². The molecule has 1 aromatic rings. The molecule has 0 amide bonds. The van der Waals surface area contributed by atoms with Crippen LogP contribution in [0.4, 0.5) is 0 Å². The highest BCUT2D eigenvalue weighted by molar-refractivity contribution is 7.80. The topological polar surface area (TPSA) is 76.1 Å². The molecule has 2 rings (SSSR count). The van der Waals surface area contributed by atoms with E-state index in [9.17, 15) is 8.42 Å². The summed E-state index contributed by atoms with van der Waals surface area (Å²) in [7, 11) is -4.51. The molecule has 6 nitrogen and oxygen atoms in total. The summed E-state index contributed by atoms with van der Waals surface area (Å²) in [5.74, 6) is 0. The van der Waals surface area contributed by atoms with Crippen molar-refractivity contribution < 1.29 is 21.9 Å². The van der Waals surface area contributed by atoms with E-state index in [0.717, 1.165) is 32.4 Å². The van der Waals surface area contributed by atoms with Crippen LogP contribution in [-0.4, -0.2) is 50.3 Å². The number of ether oxygens (including phenoxy) is 1. The van der Waals surface area contributed by atoms with Gasteiger partial charge in [0.15, 0.2) is 0 Å². The zero-order chi connectivity index (χ0) is 22.4. The predicted octanol–water partition coefficient (Wildman–Crippen LogP) is 5.17. The first-order valence-electron chi connectivity index (χ1n) is 12.0. The van der Waals surface area contributed by atoms with Crippen LogP contribution in [0.25, 0.3) is 0 Å². The van der Waals surface area contributed by atoms with Crippen LogP contribution in [0.15, 0.2) is 24.3 Å². The van der Waals surface area contributed by atoms with Gasteiger partial charge in [-0.25, -0.2) is 4.18 Å². The van der Waals surface area contributed by atoms with Crippen LogP contribution >= 0.6 is 0 Å². The van der Waals surface area contributed by atoms with Crippen molar-refractivity contribution in [1.82, 2.24) is 4.90 Å². The molecule has 1 N–H and O–H groups in total. The second kappa shape index (κ2) is 15.0. The Hall–Kier alpha value is -0.990. The molecule has 0 aromatic heterocycles. The van der Waals surface area contributed by atoms with Crippen LogP contribution in [0.2, 0.25) is 0 Å². The molecule has 31 heavy (non-hydrogen) atoms. The molecule has 1 aromatic carbocycles. The molecule has 0 bridgehead atoms. The average Bonchev–Trinajstić information content (AvgIpc) is 2.73. The summed E-state index contributed by atoms with van der Waals surface area (Å²) < 4.78 is 42.2. The summed E-state index contributed by atoms with van der Waals surface area (Å²) in [6.07, 6.45) is 12.8. The summed E-state index contributed by atoms with van der Waals surface area (Å²) in [5.41, 5.74) is 2.59. The Bertz CT molecular complexity index is 710. The number of hydrogen-bond donors (Lipinski definition) is 1. The van der Waals surface area contributed by atoms with Gasteiger partial charge in [0, 0.05) is 26.2 Å². The smallest absolute Gasteiger partial charge is 0.379 e. The summed E-state index contributed by atoms with van der Waals surface area (Å²) in [6.45, 7) is 4.98. The fourth-order valence-electron chi connectivity index (χ4n) is 4.19. The van der Waals surface area contributed by atoms with Crippen LogP contribution in [0.3, 0.4) is 0 Å². The number of unbranched alkanes of at least 4 members (excludes halogenated alkanes) is 9. The second-order valence-corrected chi connectivity index (χ2v) is 9.70. The molecule has 0 radical (unpaired) electrons. The van der Waals surface area contributed by atoms with Crippen molar-refractivity contribution in [3.8, 4) is 0 Å². The van der Waals surface area contributed by atoms with E-state index in [1.807, 2.05) is 12.1 Å². The third-order valence-electron chi connectivity index (χ3n) is 5.88. The molecular formula is C24H41NO5S. The van der Waals surface area contributed by atoms with Gasteiger partial charge < -0.3 is 4.74 Å². The van der Waals surface area contributed by atoms with Gasteiger partial charge in [-0.3, -0.25) is 9.45 Å². The van der Waals surface area contributed by atoms with Crippen molar-refractivity contribution in [3.05, 3.63) is 35.4 Å². The van der Waals surface area contributed by atoms with Gasteiger partial charge in [0.25, 0.3) is 0 Å². The minimum Gasteiger partial charge on any atom is -0.379 e. The zero-order valence-corrected chi connectivity index (χ0v) is 20.0. The summed E-state index contributed by atoms with van der Waals surface area (Å²) >= 11 is 0. The first-order valence-corrected chi connectivity index (χ1v) is 13.4. The van der Waals surface area contributed by atoms with Gasteiger partial charge in [-0.1, -0.05) is 89.0 Å². The van der Waals surface area contributed by atoms with Crippen molar-refractivity contribution >= 4 is 10.4 Å². The maximum absolute atomic E-state index is 11.3. The Balaban J connectivity index is 1.61. The molecule has 0 saturated heterocycles. The van der Waals surface area contributed by atoms with Crippen molar-refractivity contribution in [2.45, 2.75) is 90.2 Å². The molecule has 7 heteroatoms. The highest BCUT2D eigenvalue weighted by atomic mass is 32.3. The van der Waals surface area contributed by atoms with E-state index in [-0.39, 0.29) is 6.61 Å². The molecule has 0 spiro atoms.